The van der Waals surface area contributed by atoms with Crippen molar-refractivity contribution < 1.29 is 54.9 Å². The van der Waals surface area contributed by atoms with E-state index in [-0.39, 0.29) is 40.6 Å². The third kappa shape index (κ3) is 5.90. The molecule has 42 heavy (non-hydrogen) atoms. The summed E-state index contributed by atoms with van der Waals surface area (Å²) in [5.74, 6) is -2.19. The number of rotatable bonds is 7. The van der Waals surface area contributed by atoms with E-state index in [2.05, 4.69) is 6.58 Å². The minimum atomic E-state index is -5.10. The number of carbonyl (C=O) groups is 2. The van der Waals surface area contributed by atoms with Crippen molar-refractivity contribution in [3.63, 3.8) is 0 Å². The predicted octanol–water partition coefficient (Wildman–Crippen LogP) is 7.70. The van der Waals surface area contributed by atoms with Gasteiger partial charge < -0.3 is 14.6 Å². The van der Waals surface area contributed by atoms with Gasteiger partial charge in [0.1, 0.15) is 11.9 Å². The lowest BCUT2D eigenvalue weighted by Crippen LogP contribution is -2.31. The number of cyclic esters (lactones) is 1. The Morgan fingerprint density at radius 2 is 1.64 bits per heavy atom. The van der Waals surface area contributed by atoms with Gasteiger partial charge in [-0.25, -0.2) is 9.18 Å². The van der Waals surface area contributed by atoms with Crippen LogP contribution in [0.4, 0.5) is 35.5 Å². The van der Waals surface area contributed by atoms with Gasteiger partial charge in [-0.2, -0.15) is 26.3 Å². The molecular formula is C29H22F7NO5. The number of nitrogens with zero attached hydrogens (tertiary/aromatic N) is 1. The summed E-state index contributed by atoms with van der Waals surface area (Å²) in [7, 11) is 1.25. The number of phenolic OH excluding ortho intramolecular Hbond substituents is 1. The van der Waals surface area contributed by atoms with Crippen LogP contribution in [0.2, 0.25) is 0 Å². The molecule has 1 aliphatic heterocycles. The number of carbonyl (C=O) groups excluding carboxylic acids is 2. The number of phenols is 1. The number of benzene rings is 3. The zero-order chi connectivity index (χ0) is 31.1. The summed E-state index contributed by atoms with van der Waals surface area (Å²) in [6.07, 6.45) is -11.7. The van der Waals surface area contributed by atoms with E-state index in [1.54, 1.807) is 0 Å². The van der Waals surface area contributed by atoms with Gasteiger partial charge in [0.2, 0.25) is 0 Å². The van der Waals surface area contributed by atoms with Gasteiger partial charge in [-0.1, -0.05) is 18.7 Å². The molecule has 6 nitrogen and oxygen atoms in total. The summed E-state index contributed by atoms with van der Waals surface area (Å²) in [6, 6.07) is 6.14. The lowest BCUT2D eigenvalue weighted by atomic mass is 9.94. The average Bonchev–Trinajstić information content (AvgIpc) is 3.21. The average molecular weight is 597 g/mol. The van der Waals surface area contributed by atoms with Crippen molar-refractivity contribution in [3.8, 4) is 22.6 Å². The fraction of sp³-hybridized carbons (Fsp3) is 0.241. The summed E-state index contributed by atoms with van der Waals surface area (Å²) in [5, 5.41) is 10.00. The van der Waals surface area contributed by atoms with Crippen LogP contribution in [0.3, 0.4) is 0 Å². The maximum absolute atomic E-state index is 14.0. The van der Waals surface area contributed by atoms with Gasteiger partial charge in [0.25, 0.3) is 0 Å². The number of methoxy groups -OCH3 is 1. The van der Waals surface area contributed by atoms with E-state index >= 15 is 0 Å². The first-order chi connectivity index (χ1) is 19.5. The maximum Gasteiger partial charge on any atom is 0.416 e. The van der Waals surface area contributed by atoms with Crippen LogP contribution in [0.15, 0.2) is 61.2 Å². The molecule has 4 rings (SSSR count). The molecule has 1 aliphatic rings. The van der Waals surface area contributed by atoms with Gasteiger partial charge in [-0.05, 0) is 60.0 Å². The number of amides is 1. The molecule has 1 amide bonds. The van der Waals surface area contributed by atoms with Gasteiger partial charge in [-0.15, -0.1) is 0 Å². The Labute approximate surface area is 234 Å². The summed E-state index contributed by atoms with van der Waals surface area (Å²) in [6.45, 7) is 4.47. The van der Waals surface area contributed by atoms with Gasteiger partial charge >= 0.3 is 18.4 Å². The molecule has 0 saturated carbocycles. The summed E-state index contributed by atoms with van der Waals surface area (Å²) in [4.78, 5) is 26.4. The molecule has 0 aliphatic carbocycles. The van der Waals surface area contributed by atoms with E-state index in [1.165, 1.54) is 32.2 Å². The van der Waals surface area contributed by atoms with Crippen molar-refractivity contribution in [2.24, 2.45) is 0 Å². The van der Waals surface area contributed by atoms with E-state index in [1.807, 2.05) is 0 Å². The monoisotopic (exact) mass is 597 g/mol. The highest BCUT2D eigenvalue weighted by Gasteiger charge is 2.43. The van der Waals surface area contributed by atoms with Gasteiger partial charge in [0.15, 0.2) is 17.3 Å². The smallest absolute Gasteiger partial charge is 0.416 e. The molecule has 13 heteroatoms. The highest BCUT2D eigenvalue weighted by Crippen LogP contribution is 2.42. The van der Waals surface area contributed by atoms with Crippen molar-refractivity contribution in [1.29, 1.82) is 0 Å². The first-order valence-corrected chi connectivity index (χ1v) is 12.2. The molecule has 222 valence electrons. The second kappa shape index (κ2) is 11.0. The van der Waals surface area contributed by atoms with Crippen molar-refractivity contribution in [3.05, 3.63) is 94.8 Å². The van der Waals surface area contributed by atoms with Crippen LogP contribution < -0.4 is 4.74 Å². The molecule has 1 N–H and O–H groups in total. The number of ether oxygens (including phenoxy) is 2. The Balaban J connectivity index is 1.79. The number of hydrogen-bond acceptors (Lipinski definition) is 5. The molecule has 3 aromatic carbocycles. The van der Waals surface area contributed by atoms with E-state index < -0.39 is 64.6 Å². The third-order valence-corrected chi connectivity index (χ3v) is 6.81. The molecule has 2 atom stereocenters. The Bertz CT molecular complexity index is 1530. The van der Waals surface area contributed by atoms with Crippen molar-refractivity contribution in [2.75, 3.05) is 7.11 Å². The first-order valence-electron chi connectivity index (χ1n) is 12.2. The Kier molecular flexibility index (Phi) is 7.98. The number of allylic oxidation sites excluding steroid dienone is 1. The Morgan fingerprint density at radius 1 is 1.02 bits per heavy atom. The normalized spacial score (nSPS) is 17.3. The zero-order valence-electron chi connectivity index (χ0n) is 21.9. The van der Waals surface area contributed by atoms with Crippen LogP contribution in [0, 0.1) is 5.82 Å². The fourth-order valence-corrected chi connectivity index (χ4v) is 4.67. The van der Waals surface area contributed by atoms with Crippen LogP contribution in [-0.4, -0.2) is 35.0 Å². The number of halogens is 7. The zero-order valence-corrected chi connectivity index (χ0v) is 21.9. The fourth-order valence-electron chi connectivity index (χ4n) is 4.67. The molecular weight excluding hydrogens is 575 g/mol. The van der Waals surface area contributed by atoms with Gasteiger partial charge in [0, 0.05) is 17.2 Å². The quantitative estimate of drug-likeness (QED) is 0.172. The number of hydrogen-bond donors (Lipinski definition) is 1. The molecule has 0 aromatic heterocycles. The molecule has 1 saturated heterocycles. The standard InChI is InChI=1S/C29H22F7NO5/c1-4-23(38)15-5-6-20(21-11-24(39)22(30)12-25(21)41-3)17(7-15)13-37-14(2)26(42-27(37)40)16-8-18(28(31,32)33)10-19(9-16)29(34,35)36/h4-12,14,26,39H,1,13H2,2-3H3/t14-,26-/m0/s1. The molecule has 3 aromatic rings. The van der Waals surface area contributed by atoms with Crippen molar-refractivity contribution >= 4 is 11.9 Å². The number of alkyl halides is 6. The molecule has 0 radical (unpaired) electrons. The van der Waals surface area contributed by atoms with E-state index in [0.717, 1.165) is 23.1 Å². The molecule has 1 heterocycles. The third-order valence-electron chi connectivity index (χ3n) is 6.81. The molecule has 1 fully saturated rings. The van der Waals surface area contributed by atoms with Crippen LogP contribution in [0.5, 0.6) is 11.5 Å². The largest absolute Gasteiger partial charge is 0.505 e. The highest BCUT2D eigenvalue weighted by atomic mass is 19.4. The second-order valence-electron chi connectivity index (χ2n) is 9.46. The number of aromatic hydroxyl groups is 1. The topological polar surface area (TPSA) is 76.1 Å². The highest BCUT2D eigenvalue weighted by molar-refractivity contribution is 6.04. The van der Waals surface area contributed by atoms with Crippen LogP contribution in [0.1, 0.15) is 45.6 Å². The lowest BCUT2D eigenvalue weighted by Gasteiger charge is -2.24. The van der Waals surface area contributed by atoms with Gasteiger partial charge in [0.05, 0.1) is 30.8 Å². The summed E-state index contributed by atoms with van der Waals surface area (Å²) in [5.41, 5.74) is -2.79. The van der Waals surface area contributed by atoms with Gasteiger partial charge in [-0.3, -0.25) is 9.69 Å². The van der Waals surface area contributed by atoms with Crippen molar-refractivity contribution in [2.45, 2.75) is 38.0 Å². The Morgan fingerprint density at radius 3 is 2.19 bits per heavy atom. The number of ketones is 1. The van der Waals surface area contributed by atoms with E-state index in [9.17, 15) is 45.4 Å². The lowest BCUT2D eigenvalue weighted by molar-refractivity contribution is -0.143. The Hall–Kier alpha value is -4.55. The van der Waals surface area contributed by atoms with Crippen LogP contribution in [0.25, 0.3) is 11.1 Å². The van der Waals surface area contributed by atoms with Crippen molar-refractivity contribution in [1.82, 2.24) is 4.90 Å². The molecule has 0 spiro atoms. The summed E-state index contributed by atoms with van der Waals surface area (Å²) >= 11 is 0. The van der Waals surface area contributed by atoms with Crippen LogP contribution >= 0.6 is 0 Å². The SMILES string of the molecule is C=CC(=O)c1ccc(-c2cc(O)c(F)cc2OC)c(CN2C(=O)O[C@H](c3cc(C(F)(F)F)cc(C(F)(F)F)c3)[C@@H]2C)c1. The first kappa shape index (κ1) is 30.4. The predicted molar refractivity (Wildman–Crippen MR) is 135 cm³/mol. The second-order valence-corrected chi connectivity index (χ2v) is 9.46. The van der Waals surface area contributed by atoms with E-state index in [4.69, 9.17) is 9.47 Å². The maximum atomic E-state index is 14.0. The minimum absolute atomic E-state index is 0.00656. The summed E-state index contributed by atoms with van der Waals surface area (Å²) < 4.78 is 105. The minimum Gasteiger partial charge on any atom is -0.505 e. The van der Waals surface area contributed by atoms with E-state index in [0.29, 0.717) is 12.1 Å². The molecule has 0 bridgehead atoms. The van der Waals surface area contributed by atoms with Crippen LogP contribution in [-0.2, 0) is 23.6 Å². The molecule has 0 unspecified atom stereocenters.